The van der Waals surface area contributed by atoms with E-state index in [0.717, 1.165) is 30.5 Å². The highest BCUT2D eigenvalue weighted by Gasteiger charge is 2.51. The van der Waals surface area contributed by atoms with Gasteiger partial charge >= 0.3 is 23.9 Å². The number of aromatic amines is 1. The van der Waals surface area contributed by atoms with E-state index in [-0.39, 0.29) is 29.0 Å². The molecule has 28 heteroatoms. The Kier molecular flexibility index (Phi) is 20.8. The van der Waals surface area contributed by atoms with Gasteiger partial charge in [0.25, 0.3) is 0 Å². The summed E-state index contributed by atoms with van der Waals surface area (Å²) in [5.74, 6) is -12.9. The van der Waals surface area contributed by atoms with Gasteiger partial charge in [-0.3, -0.25) is 57.6 Å². The second-order valence-corrected chi connectivity index (χ2v) is 18.7. The largest absolute Gasteiger partial charge is 0.480 e. The van der Waals surface area contributed by atoms with E-state index in [0.29, 0.717) is 17.4 Å². The number of primary amides is 1. The van der Waals surface area contributed by atoms with Crippen LogP contribution < -0.4 is 48.1 Å². The highest BCUT2D eigenvalue weighted by Crippen LogP contribution is 2.36. The van der Waals surface area contributed by atoms with Gasteiger partial charge in [-0.05, 0) is 30.4 Å². The number of hydrogen-bond acceptors (Lipinski definition) is 19. The van der Waals surface area contributed by atoms with Crippen molar-refractivity contribution in [2.45, 2.75) is 120 Å². The maximum absolute atomic E-state index is 14.7. The van der Waals surface area contributed by atoms with Gasteiger partial charge in [0, 0.05) is 44.4 Å². The van der Waals surface area contributed by atoms with Gasteiger partial charge in [-0.2, -0.15) is 0 Å². The number of nitrogens with zero attached hydrogens (tertiary/aromatic N) is 1. The molecule has 0 saturated carbocycles. The number of para-hydroxylation sites is 1. The van der Waals surface area contributed by atoms with Crippen molar-refractivity contribution in [2.75, 3.05) is 32.0 Å². The number of carbonyl (C=O) groups is 12. The third-order valence-electron chi connectivity index (χ3n) is 12.1. The average molecular weight is 1050 g/mol. The van der Waals surface area contributed by atoms with Crippen molar-refractivity contribution < 1.29 is 82.0 Å². The SMILES string of the molecule is CC[C@H](C)[C@@H]1NC(=O)CNC(=O)C(N)Cc2c([nH]c3c(OC(C)=O)cccc23)SCC(C(=O)NC(C=O)(CC(N)=O)N2C[C@H](O)C[C@H]2C(=O)N[C@H](C(=O)O)[C@@H](C)[C@H](COC(C)=O)OC(C)=O)NC(=O)CNC1=O. The predicted octanol–water partition coefficient (Wildman–Crippen LogP) is -3.66. The second kappa shape index (κ2) is 26.0. The minimum Gasteiger partial charge on any atom is -0.480 e. The summed E-state index contributed by atoms with van der Waals surface area (Å²) >= 11 is 0.880. The summed E-state index contributed by atoms with van der Waals surface area (Å²) < 4.78 is 15.6. The molecule has 3 unspecified atom stereocenters. The van der Waals surface area contributed by atoms with Crippen LogP contribution in [0.15, 0.2) is 23.2 Å². The number of benzene rings is 1. The molecule has 1 saturated heterocycles. The van der Waals surface area contributed by atoms with Crippen LogP contribution in [0.2, 0.25) is 0 Å². The molecule has 1 aromatic carbocycles. The number of H-pyrrole nitrogens is 1. The number of aliphatic hydroxyl groups excluding tert-OH is 1. The number of carboxylic acid groups (broad SMARTS) is 1. The zero-order valence-electron chi connectivity index (χ0n) is 40.9. The molecular formula is C45H62N10O17S. The molecule has 2 aliphatic heterocycles. The number of likely N-dealkylation sites (tertiary alicyclic amines) is 1. The number of aliphatic hydroxyl groups is 1. The summed E-state index contributed by atoms with van der Waals surface area (Å²) in [6.45, 7) is 5.42. The van der Waals surface area contributed by atoms with Gasteiger partial charge < -0.3 is 72.8 Å². The fourth-order valence-corrected chi connectivity index (χ4v) is 9.32. The summed E-state index contributed by atoms with van der Waals surface area (Å²) in [6.07, 6.45) is -4.14. The lowest BCUT2D eigenvalue weighted by molar-refractivity contribution is -0.163. The predicted molar refractivity (Wildman–Crippen MR) is 254 cm³/mol. The van der Waals surface area contributed by atoms with Crippen LogP contribution in [0, 0.1) is 11.8 Å². The van der Waals surface area contributed by atoms with E-state index in [4.69, 9.17) is 25.7 Å². The van der Waals surface area contributed by atoms with Crippen LogP contribution in [0.4, 0.5) is 0 Å². The number of carbonyl (C=O) groups excluding carboxylic acids is 11. The van der Waals surface area contributed by atoms with Gasteiger partial charge in [-0.1, -0.05) is 39.3 Å². The Balaban J connectivity index is 1.79. The van der Waals surface area contributed by atoms with E-state index in [1.54, 1.807) is 26.0 Å². The molecule has 2 aromatic rings. The van der Waals surface area contributed by atoms with Crippen molar-refractivity contribution >= 4 is 94.2 Å². The van der Waals surface area contributed by atoms with Crippen LogP contribution in [0.25, 0.3) is 10.9 Å². The molecule has 0 bridgehead atoms. The summed E-state index contributed by atoms with van der Waals surface area (Å²) in [5.41, 5.74) is 10.1. The minimum absolute atomic E-state index is 0.0690. The number of rotatable bonds is 17. The Morgan fingerprint density at radius 3 is 2.21 bits per heavy atom. The number of hydrogen-bond donors (Lipinski definition) is 11. The number of fused-ring (bicyclic) bond motifs is 3. The number of amides is 7. The molecule has 0 aliphatic carbocycles. The molecule has 2 aliphatic rings. The number of aldehydes is 1. The van der Waals surface area contributed by atoms with Crippen molar-refractivity contribution in [1.29, 1.82) is 0 Å². The monoisotopic (exact) mass is 1050 g/mol. The molecule has 1 fully saturated rings. The molecule has 7 amide bonds. The lowest BCUT2D eigenvalue weighted by Crippen LogP contribution is -2.69. The number of aromatic nitrogens is 1. The van der Waals surface area contributed by atoms with Crippen molar-refractivity contribution in [3.63, 3.8) is 0 Å². The molecule has 3 heterocycles. The lowest BCUT2D eigenvalue weighted by atomic mass is 9.95. The van der Waals surface area contributed by atoms with E-state index < -0.39 is 170 Å². The van der Waals surface area contributed by atoms with E-state index in [1.165, 1.54) is 19.9 Å². The second-order valence-electron chi connectivity index (χ2n) is 17.7. The standard InChI is InChI=1S/C45H62N10O17S/c1-7-20(2)36-42(67)49-14-34(62)50-29(18-73-43-27(12-28(46)39(64)48-15-35(63)51-36)26-9-8-10-31(38(26)53-43)71-23(5)58)40(65)54-45(19-56,13-33(47)61)55-16-25(60)11-30(55)41(66)52-37(44(68)69)21(3)32(72-24(6)59)17-70-22(4)57/h8-10,19-21,25,28-30,32,36-37,53,60H,7,11-18,46H2,1-6H3,(H2,47,61)(H,48,64)(H,49,67)(H,50,62)(H,51,63)(H,52,66)(H,54,65)(H,68,69)/t20-,21-,25+,28?,29?,30-,32-,36-,37-,45?/m0/s1. The number of aliphatic carboxylic acids is 1. The normalized spacial score (nSPS) is 22.8. The highest BCUT2D eigenvalue weighted by atomic mass is 32.2. The van der Waals surface area contributed by atoms with Gasteiger partial charge in [0.2, 0.25) is 41.4 Å². The smallest absolute Gasteiger partial charge is 0.326 e. The molecule has 1 aromatic heterocycles. The number of ether oxygens (including phenoxy) is 3. The van der Waals surface area contributed by atoms with Gasteiger partial charge in [0.15, 0.2) is 17.7 Å². The fraction of sp³-hybridized carbons (Fsp3) is 0.556. The first-order chi connectivity index (χ1) is 34.3. The first-order valence-corrected chi connectivity index (χ1v) is 24.0. The summed E-state index contributed by atoms with van der Waals surface area (Å²) in [5, 5.41) is 36.5. The van der Waals surface area contributed by atoms with Crippen molar-refractivity contribution in [1.82, 2.24) is 41.8 Å². The Morgan fingerprint density at radius 1 is 0.959 bits per heavy atom. The van der Waals surface area contributed by atoms with Crippen LogP contribution >= 0.6 is 11.8 Å². The summed E-state index contributed by atoms with van der Waals surface area (Å²) in [7, 11) is 0. The van der Waals surface area contributed by atoms with Crippen LogP contribution in [-0.2, 0) is 73.4 Å². The van der Waals surface area contributed by atoms with E-state index in [1.807, 2.05) is 0 Å². The first-order valence-electron chi connectivity index (χ1n) is 23.0. The Labute approximate surface area is 422 Å². The third-order valence-corrected chi connectivity index (χ3v) is 13.2. The molecule has 0 spiro atoms. The van der Waals surface area contributed by atoms with E-state index >= 15 is 0 Å². The minimum atomic E-state index is -2.59. The Hall–Kier alpha value is -7.17. The van der Waals surface area contributed by atoms with Crippen molar-refractivity contribution in [2.24, 2.45) is 23.3 Å². The maximum Gasteiger partial charge on any atom is 0.326 e. The third kappa shape index (κ3) is 15.7. The lowest BCUT2D eigenvalue weighted by Gasteiger charge is -2.41. The number of esters is 3. The van der Waals surface area contributed by atoms with Gasteiger partial charge in [0.05, 0.1) is 48.2 Å². The van der Waals surface area contributed by atoms with Crippen LogP contribution in [0.5, 0.6) is 5.75 Å². The van der Waals surface area contributed by atoms with Gasteiger partial charge in [-0.25, -0.2) is 4.79 Å². The zero-order chi connectivity index (χ0) is 54.5. The molecule has 0 radical (unpaired) electrons. The van der Waals surface area contributed by atoms with Gasteiger partial charge in [-0.15, -0.1) is 11.8 Å². The molecule has 10 atom stereocenters. The van der Waals surface area contributed by atoms with Crippen molar-refractivity contribution in [3.05, 3.63) is 23.8 Å². The molecule has 27 nitrogen and oxygen atoms in total. The fourth-order valence-electron chi connectivity index (χ4n) is 8.21. The highest BCUT2D eigenvalue weighted by molar-refractivity contribution is 7.99. The van der Waals surface area contributed by atoms with E-state index in [9.17, 15) is 67.7 Å². The average Bonchev–Trinajstić information content (AvgIpc) is 3.89. The number of β-amino-alcohol motifs (C(OH)–C–C–N with tert-alkyl or cyclic N) is 1. The topological polar surface area (TPSA) is 416 Å². The van der Waals surface area contributed by atoms with Crippen molar-refractivity contribution in [3.8, 4) is 5.75 Å². The van der Waals surface area contributed by atoms with Crippen LogP contribution in [-0.4, -0.2) is 172 Å². The Bertz CT molecular complexity index is 2470. The number of carboxylic acids is 1. The summed E-state index contributed by atoms with van der Waals surface area (Å²) in [6, 6.07) is -3.11. The molecule has 400 valence electrons. The van der Waals surface area contributed by atoms with Crippen LogP contribution in [0.1, 0.15) is 66.4 Å². The molecule has 13 N–H and O–H groups in total. The zero-order valence-corrected chi connectivity index (χ0v) is 41.7. The number of nitrogens with one attached hydrogen (secondary N) is 7. The van der Waals surface area contributed by atoms with Gasteiger partial charge in [0.1, 0.15) is 30.8 Å². The summed E-state index contributed by atoms with van der Waals surface area (Å²) in [4.78, 5) is 161. The number of thioether (sulfide) groups is 1. The molecular weight excluding hydrogens is 985 g/mol. The maximum atomic E-state index is 14.7. The molecule has 73 heavy (non-hydrogen) atoms. The quantitative estimate of drug-likeness (QED) is 0.0413. The Morgan fingerprint density at radius 2 is 1.62 bits per heavy atom. The van der Waals surface area contributed by atoms with Crippen LogP contribution in [0.3, 0.4) is 0 Å². The van der Waals surface area contributed by atoms with E-state index in [2.05, 4.69) is 36.9 Å². The molecule has 4 rings (SSSR count). The first kappa shape index (κ1) is 58.4. The number of nitrogens with two attached hydrogens (primary N) is 2.